The van der Waals surface area contributed by atoms with Crippen molar-refractivity contribution in [2.24, 2.45) is 0 Å². The Balaban J connectivity index is 2.82. The number of aryl methyl sites for hydroxylation is 1. The molecule has 3 nitrogen and oxygen atoms in total. The standard InChI is InChI=1S/C15H23NO2/c1-5-14(6-2)16(4)10-13-8-7-12(15(17)18)9-11(13)3/h7-9,14H,5-6,10H2,1-4H3,(H,17,18). The lowest BCUT2D eigenvalue weighted by atomic mass is 10.0. The van der Waals surface area contributed by atoms with Crippen molar-refractivity contribution in [3.63, 3.8) is 0 Å². The van der Waals surface area contributed by atoms with Gasteiger partial charge in [-0.1, -0.05) is 19.9 Å². The van der Waals surface area contributed by atoms with Crippen molar-refractivity contribution in [2.45, 2.75) is 46.2 Å². The van der Waals surface area contributed by atoms with Crippen LogP contribution in [0, 0.1) is 6.92 Å². The highest BCUT2D eigenvalue weighted by Crippen LogP contribution is 2.16. The highest BCUT2D eigenvalue weighted by molar-refractivity contribution is 5.87. The highest BCUT2D eigenvalue weighted by Gasteiger charge is 2.12. The average molecular weight is 249 g/mol. The van der Waals surface area contributed by atoms with Crippen LogP contribution in [0.4, 0.5) is 0 Å². The maximum absolute atomic E-state index is 10.9. The number of hydrogen-bond acceptors (Lipinski definition) is 2. The number of rotatable bonds is 6. The summed E-state index contributed by atoms with van der Waals surface area (Å²) in [6, 6.07) is 5.95. The maximum Gasteiger partial charge on any atom is 0.335 e. The Hall–Kier alpha value is -1.35. The van der Waals surface area contributed by atoms with E-state index in [4.69, 9.17) is 5.11 Å². The molecule has 100 valence electrons. The summed E-state index contributed by atoms with van der Waals surface area (Å²) in [5.74, 6) is -0.863. The third-order valence-corrected chi connectivity index (χ3v) is 3.58. The molecular formula is C15H23NO2. The molecule has 0 saturated carbocycles. The molecule has 1 aromatic rings. The quantitative estimate of drug-likeness (QED) is 0.840. The average Bonchev–Trinajstić information content (AvgIpc) is 2.33. The lowest BCUT2D eigenvalue weighted by molar-refractivity contribution is 0.0696. The number of benzene rings is 1. The number of carbonyl (C=O) groups is 1. The minimum atomic E-state index is -0.863. The second kappa shape index (κ2) is 6.55. The fourth-order valence-electron chi connectivity index (χ4n) is 2.32. The molecule has 3 heteroatoms. The van der Waals surface area contributed by atoms with Gasteiger partial charge in [-0.15, -0.1) is 0 Å². The Morgan fingerprint density at radius 1 is 1.33 bits per heavy atom. The molecule has 0 heterocycles. The summed E-state index contributed by atoms with van der Waals surface area (Å²) in [7, 11) is 2.13. The van der Waals surface area contributed by atoms with Gasteiger partial charge >= 0.3 is 5.97 Å². The van der Waals surface area contributed by atoms with Crippen molar-refractivity contribution in [1.29, 1.82) is 0 Å². The molecule has 1 N–H and O–H groups in total. The van der Waals surface area contributed by atoms with Crippen molar-refractivity contribution in [3.05, 3.63) is 34.9 Å². The third-order valence-electron chi connectivity index (χ3n) is 3.58. The van der Waals surface area contributed by atoms with Crippen molar-refractivity contribution in [2.75, 3.05) is 7.05 Å². The first-order valence-corrected chi connectivity index (χ1v) is 6.52. The van der Waals surface area contributed by atoms with Crippen LogP contribution in [0.2, 0.25) is 0 Å². The minimum Gasteiger partial charge on any atom is -0.478 e. The van der Waals surface area contributed by atoms with E-state index >= 15 is 0 Å². The van der Waals surface area contributed by atoms with Gasteiger partial charge in [0.2, 0.25) is 0 Å². The highest BCUT2D eigenvalue weighted by atomic mass is 16.4. The molecule has 0 amide bonds. The van der Waals surface area contributed by atoms with Gasteiger partial charge in [0.1, 0.15) is 0 Å². The zero-order chi connectivity index (χ0) is 13.7. The first-order chi connectivity index (χ1) is 8.49. The van der Waals surface area contributed by atoms with Crippen molar-refractivity contribution < 1.29 is 9.90 Å². The Kier molecular flexibility index (Phi) is 5.35. The molecule has 1 rings (SSSR count). The second-order valence-electron chi connectivity index (χ2n) is 4.83. The summed E-state index contributed by atoms with van der Waals surface area (Å²) >= 11 is 0. The van der Waals surface area contributed by atoms with E-state index in [1.807, 2.05) is 13.0 Å². The molecule has 0 fully saturated rings. The van der Waals surface area contributed by atoms with E-state index in [1.165, 1.54) is 5.56 Å². The van der Waals surface area contributed by atoms with Crippen LogP contribution in [0.15, 0.2) is 18.2 Å². The SMILES string of the molecule is CCC(CC)N(C)Cc1ccc(C(=O)O)cc1C. The molecule has 0 aliphatic heterocycles. The summed E-state index contributed by atoms with van der Waals surface area (Å²) in [4.78, 5) is 13.2. The van der Waals surface area contributed by atoms with E-state index in [1.54, 1.807) is 12.1 Å². The number of nitrogens with zero attached hydrogens (tertiary/aromatic N) is 1. The molecule has 0 spiro atoms. The zero-order valence-electron chi connectivity index (χ0n) is 11.7. The molecule has 0 saturated heterocycles. The van der Waals surface area contributed by atoms with Gasteiger partial charge in [0.15, 0.2) is 0 Å². The van der Waals surface area contributed by atoms with Crippen LogP contribution in [-0.4, -0.2) is 29.1 Å². The normalized spacial score (nSPS) is 11.2. The maximum atomic E-state index is 10.9. The van der Waals surface area contributed by atoms with Gasteiger partial charge in [0.25, 0.3) is 0 Å². The first kappa shape index (κ1) is 14.7. The van der Waals surface area contributed by atoms with Gasteiger partial charge in [-0.2, -0.15) is 0 Å². The predicted molar refractivity (Wildman–Crippen MR) is 74.0 cm³/mol. The first-order valence-electron chi connectivity index (χ1n) is 6.52. The number of hydrogen-bond donors (Lipinski definition) is 1. The molecule has 0 bridgehead atoms. The molecule has 0 unspecified atom stereocenters. The zero-order valence-corrected chi connectivity index (χ0v) is 11.7. The summed E-state index contributed by atoms with van der Waals surface area (Å²) in [6.45, 7) is 7.25. The van der Waals surface area contributed by atoms with Crippen molar-refractivity contribution in [3.8, 4) is 0 Å². The van der Waals surface area contributed by atoms with E-state index in [0.29, 0.717) is 11.6 Å². The van der Waals surface area contributed by atoms with Crippen LogP contribution in [0.1, 0.15) is 48.2 Å². The largest absolute Gasteiger partial charge is 0.478 e. The monoisotopic (exact) mass is 249 g/mol. The topological polar surface area (TPSA) is 40.5 Å². The van der Waals surface area contributed by atoms with Crippen LogP contribution in [-0.2, 0) is 6.54 Å². The van der Waals surface area contributed by atoms with Gasteiger partial charge in [-0.3, -0.25) is 4.90 Å². The fourth-order valence-corrected chi connectivity index (χ4v) is 2.32. The summed E-state index contributed by atoms with van der Waals surface area (Å²) in [5, 5.41) is 8.94. The van der Waals surface area contributed by atoms with Gasteiger partial charge < -0.3 is 5.11 Å². The third kappa shape index (κ3) is 3.57. The summed E-state index contributed by atoms with van der Waals surface area (Å²) in [5.41, 5.74) is 2.61. The van der Waals surface area contributed by atoms with E-state index in [-0.39, 0.29) is 0 Å². The molecule has 18 heavy (non-hydrogen) atoms. The summed E-state index contributed by atoms with van der Waals surface area (Å²) in [6.07, 6.45) is 2.28. The Bertz CT molecular complexity index is 411. The lowest BCUT2D eigenvalue weighted by Gasteiger charge is -2.26. The molecule has 0 aromatic heterocycles. The van der Waals surface area contributed by atoms with E-state index < -0.39 is 5.97 Å². The minimum absolute atomic E-state index is 0.362. The second-order valence-corrected chi connectivity index (χ2v) is 4.83. The smallest absolute Gasteiger partial charge is 0.335 e. The molecular weight excluding hydrogens is 226 g/mol. The lowest BCUT2D eigenvalue weighted by Crippen LogP contribution is -2.30. The fraction of sp³-hybridized carbons (Fsp3) is 0.533. The van der Waals surface area contributed by atoms with Crippen molar-refractivity contribution in [1.82, 2.24) is 4.90 Å². The van der Waals surface area contributed by atoms with Gasteiger partial charge in [-0.25, -0.2) is 4.79 Å². The van der Waals surface area contributed by atoms with E-state index in [0.717, 1.165) is 24.9 Å². The van der Waals surface area contributed by atoms with Crippen molar-refractivity contribution >= 4 is 5.97 Å². The van der Waals surface area contributed by atoms with Crippen LogP contribution in [0.5, 0.6) is 0 Å². The van der Waals surface area contributed by atoms with Crippen LogP contribution in [0.3, 0.4) is 0 Å². The number of carboxylic acid groups (broad SMARTS) is 1. The van der Waals surface area contributed by atoms with Crippen LogP contribution < -0.4 is 0 Å². The molecule has 0 radical (unpaired) electrons. The van der Waals surface area contributed by atoms with E-state index in [9.17, 15) is 4.79 Å². The van der Waals surface area contributed by atoms with Crippen LogP contribution in [0.25, 0.3) is 0 Å². The van der Waals surface area contributed by atoms with E-state index in [2.05, 4.69) is 25.8 Å². The molecule has 1 aromatic carbocycles. The number of carboxylic acids is 1. The molecule has 0 aliphatic carbocycles. The Labute approximate surface area is 109 Å². The molecule has 0 aliphatic rings. The molecule has 0 atom stereocenters. The van der Waals surface area contributed by atoms with Gasteiger partial charge in [-0.05, 0) is 50.1 Å². The Morgan fingerprint density at radius 2 is 1.94 bits per heavy atom. The number of aromatic carboxylic acids is 1. The Morgan fingerprint density at radius 3 is 2.39 bits per heavy atom. The summed E-state index contributed by atoms with van der Waals surface area (Å²) < 4.78 is 0. The predicted octanol–water partition coefficient (Wildman–Crippen LogP) is 3.31. The van der Waals surface area contributed by atoms with Gasteiger partial charge in [0, 0.05) is 12.6 Å². The van der Waals surface area contributed by atoms with Crippen LogP contribution >= 0.6 is 0 Å². The van der Waals surface area contributed by atoms with Gasteiger partial charge in [0.05, 0.1) is 5.56 Å².